The third-order valence-corrected chi connectivity index (χ3v) is 3.25. The SMILES string of the molecule is CCN(c1cc([N+](=O)[O-])ccc1C)C1CNC1. The Labute approximate surface area is 101 Å². The Bertz CT molecular complexity index is 430. The predicted molar refractivity (Wildman–Crippen MR) is 67.5 cm³/mol. The fourth-order valence-electron chi connectivity index (χ4n) is 2.14. The molecule has 1 aliphatic rings. The quantitative estimate of drug-likeness (QED) is 0.637. The molecule has 0 aromatic heterocycles. The molecule has 0 radical (unpaired) electrons. The lowest BCUT2D eigenvalue weighted by molar-refractivity contribution is -0.384. The number of nitro benzene ring substituents is 1. The van der Waals surface area contributed by atoms with E-state index in [0.717, 1.165) is 30.9 Å². The number of nitrogens with one attached hydrogen (secondary N) is 1. The molecule has 1 N–H and O–H groups in total. The Morgan fingerprint density at radius 1 is 1.53 bits per heavy atom. The molecular formula is C12H17N3O2. The lowest BCUT2D eigenvalue weighted by atomic mass is 10.1. The molecule has 92 valence electrons. The van der Waals surface area contributed by atoms with Gasteiger partial charge in [0.25, 0.3) is 5.69 Å². The van der Waals surface area contributed by atoms with Crippen LogP contribution in [0.4, 0.5) is 11.4 Å². The normalized spacial score (nSPS) is 15.4. The number of rotatable bonds is 4. The molecule has 0 aliphatic carbocycles. The molecule has 0 saturated carbocycles. The second-order valence-electron chi connectivity index (χ2n) is 4.33. The standard InChI is InChI=1S/C12H17N3O2/c1-3-14(11-7-13-8-11)12-6-10(15(16)17)5-4-9(12)2/h4-6,11,13H,3,7-8H2,1-2H3. The van der Waals surface area contributed by atoms with Crippen molar-refractivity contribution in [2.75, 3.05) is 24.5 Å². The van der Waals surface area contributed by atoms with Crippen LogP contribution in [-0.4, -0.2) is 30.6 Å². The summed E-state index contributed by atoms with van der Waals surface area (Å²) in [4.78, 5) is 12.7. The average molecular weight is 235 g/mol. The van der Waals surface area contributed by atoms with E-state index in [1.54, 1.807) is 12.1 Å². The molecule has 0 atom stereocenters. The molecule has 1 aliphatic heterocycles. The maximum Gasteiger partial charge on any atom is 0.271 e. The van der Waals surface area contributed by atoms with Gasteiger partial charge in [0.2, 0.25) is 0 Å². The van der Waals surface area contributed by atoms with Gasteiger partial charge in [0.1, 0.15) is 0 Å². The van der Waals surface area contributed by atoms with Crippen molar-refractivity contribution in [1.82, 2.24) is 5.32 Å². The van der Waals surface area contributed by atoms with Crippen LogP contribution in [0.5, 0.6) is 0 Å². The minimum absolute atomic E-state index is 0.163. The first-order valence-corrected chi connectivity index (χ1v) is 5.86. The Kier molecular flexibility index (Phi) is 3.28. The van der Waals surface area contributed by atoms with E-state index in [0.29, 0.717) is 6.04 Å². The summed E-state index contributed by atoms with van der Waals surface area (Å²) in [5.41, 5.74) is 2.23. The Hall–Kier alpha value is -1.62. The van der Waals surface area contributed by atoms with Gasteiger partial charge in [-0.25, -0.2) is 0 Å². The fourth-order valence-corrected chi connectivity index (χ4v) is 2.14. The molecule has 17 heavy (non-hydrogen) atoms. The molecule has 5 nitrogen and oxygen atoms in total. The summed E-state index contributed by atoms with van der Waals surface area (Å²) in [6.45, 7) is 6.85. The topological polar surface area (TPSA) is 58.4 Å². The summed E-state index contributed by atoms with van der Waals surface area (Å²) in [6.07, 6.45) is 0. The van der Waals surface area contributed by atoms with Crippen molar-refractivity contribution in [2.24, 2.45) is 0 Å². The molecule has 1 saturated heterocycles. The van der Waals surface area contributed by atoms with Crippen LogP contribution < -0.4 is 10.2 Å². The highest BCUT2D eigenvalue weighted by Gasteiger charge is 2.25. The van der Waals surface area contributed by atoms with Crippen LogP contribution in [0.3, 0.4) is 0 Å². The number of benzene rings is 1. The summed E-state index contributed by atoms with van der Waals surface area (Å²) in [5.74, 6) is 0. The van der Waals surface area contributed by atoms with Crippen molar-refractivity contribution in [3.63, 3.8) is 0 Å². The van der Waals surface area contributed by atoms with Crippen LogP contribution in [0.2, 0.25) is 0 Å². The highest BCUT2D eigenvalue weighted by atomic mass is 16.6. The fraction of sp³-hybridized carbons (Fsp3) is 0.500. The van der Waals surface area contributed by atoms with E-state index in [-0.39, 0.29) is 10.6 Å². The molecule has 1 aromatic carbocycles. The maximum absolute atomic E-state index is 10.8. The van der Waals surface area contributed by atoms with E-state index in [2.05, 4.69) is 17.1 Å². The number of hydrogen-bond acceptors (Lipinski definition) is 4. The second-order valence-corrected chi connectivity index (χ2v) is 4.33. The Balaban J connectivity index is 2.33. The van der Waals surface area contributed by atoms with Crippen molar-refractivity contribution in [2.45, 2.75) is 19.9 Å². The number of non-ortho nitro benzene ring substituents is 1. The highest BCUT2D eigenvalue weighted by Crippen LogP contribution is 2.27. The van der Waals surface area contributed by atoms with Crippen molar-refractivity contribution in [3.05, 3.63) is 33.9 Å². The zero-order chi connectivity index (χ0) is 12.4. The number of nitro groups is 1. The van der Waals surface area contributed by atoms with E-state index in [4.69, 9.17) is 0 Å². The van der Waals surface area contributed by atoms with E-state index in [9.17, 15) is 10.1 Å². The molecule has 2 rings (SSSR count). The third-order valence-electron chi connectivity index (χ3n) is 3.25. The van der Waals surface area contributed by atoms with Gasteiger partial charge in [-0.2, -0.15) is 0 Å². The first-order chi connectivity index (χ1) is 8.13. The Morgan fingerprint density at radius 3 is 2.71 bits per heavy atom. The lowest BCUT2D eigenvalue weighted by Crippen LogP contribution is -2.57. The van der Waals surface area contributed by atoms with Gasteiger partial charge in [-0.15, -0.1) is 0 Å². The van der Waals surface area contributed by atoms with Gasteiger partial charge in [0, 0.05) is 37.5 Å². The first-order valence-electron chi connectivity index (χ1n) is 5.86. The van der Waals surface area contributed by atoms with Gasteiger partial charge in [-0.3, -0.25) is 10.1 Å². The smallest absolute Gasteiger partial charge is 0.271 e. The Morgan fingerprint density at radius 2 is 2.24 bits per heavy atom. The number of nitrogens with zero attached hydrogens (tertiary/aromatic N) is 2. The monoisotopic (exact) mass is 235 g/mol. The minimum Gasteiger partial charge on any atom is -0.366 e. The molecule has 5 heteroatoms. The summed E-state index contributed by atoms with van der Waals surface area (Å²) in [5, 5.41) is 14.0. The van der Waals surface area contributed by atoms with E-state index in [1.807, 2.05) is 13.0 Å². The van der Waals surface area contributed by atoms with Crippen LogP contribution in [0.25, 0.3) is 0 Å². The summed E-state index contributed by atoms with van der Waals surface area (Å²) >= 11 is 0. The van der Waals surface area contributed by atoms with E-state index < -0.39 is 0 Å². The first kappa shape index (κ1) is 11.9. The molecule has 1 fully saturated rings. The van der Waals surface area contributed by atoms with Gasteiger partial charge in [-0.1, -0.05) is 6.07 Å². The van der Waals surface area contributed by atoms with Crippen LogP contribution in [0.15, 0.2) is 18.2 Å². The van der Waals surface area contributed by atoms with E-state index in [1.165, 1.54) is 0 Å². The third kappa shape index (κ3) is 2.24. The zero-order valence-electron chi connectivity index (χ0n) is 10.1. The molecule has 1 aromatic rings. The van der Waals surface area contributed by atoms with Gasteiger partial charge in [0.15, 0.2) is 0 Å². The van der Waals surface area contributed by atoms with Crippen molar-refractivity contribution in [1.29, 1.82) is 0 Å². The molecule has 1 heterocycles. The summed E-state index contributed by atoms with van der Waals surface area (Å²) in [6, 6.07) is 5.52. The number of hydrogen-bond donors (Lipinski definition) is 1. The summed E-state index contributed by atoms with van der Waals surface area (Å²) < 4.78 is 0. The van der Waals surface area contributed by atoms with Crippen molar-refractivity contribution >= 4 is 11.4 Å². The van der Waals surface area contributed by atoms with E-state index >= 15 is 0 Å². The van der Waals surface area contributed by atoms with Gasteiger partial charge < -0.3 is 10.2 Å². The minimum atomic E-state index is -0.337. The van der Waals surface area contributed by atoms with Crippen LogP contribution in [-0.2, 0) is 0 Å². The molecule has 0 bridgehead atoms. The second kappa shape index (κ2) is 4.71. The van der Waals surface area contributed by atoms with Gasteiger partial charge in [-0.05, 0) is 19.4 Å². The van der Waals surface area contributed by atoms with Crippen molar-refractivity contribution < 1.29 is 4.92 Å². The number of anilines is 1. The van der Waals surface area contributed by atoms with Crippen LogP contribution in [0, 0.1) is 17.0 Å². The maximum atomic E-state index is 10.8. The molecule has 0 amide bonds. The largest absolute Gasteiger partial charge is 0.366 e. The molecule has 0 unspecified atom stereocenters. The van der Waals surface area contributed by atoms with Gasteiger partial charge in [0.05, 0.1) is 11.0 Å². The van der Waals surface area contributed by atoms with Crippen LogP contribution in [0.1, 0.15) is 12.5 Å². The van der Waals surface area contributed by atoms with Gasteiger partial charge >= 0.3 is 0 Å². The number of aryl methyl sites for hydroxylation is 1. The molecule has 0 spiro atoms. The van der Waals surface area contributed by atoms with Crippen LogP contribution >= 0.6 is 0 Å². The lowest BCUT2D eigenvalue weighted by Gasteiger charge is -2.39. The van der Waals surface area contributed by atoms with Crippen molar-refractivity contribution in [3.8, 4) is 0 Å². The molecular weight excluding hydrogens is 218 g/mol. The highest BCUT2D eigenvalue weighted by molar-refractivity contribution is 5.59. The average Bonchev–Trinajstić information content (AvgIpc) is 2.24. The zero-order valence-corrected chi connectivity index (χ0v) is 10.1. The predicted octanol–water partition coefficient (Wildman–Crippen LogP) is 1.70. The summed E-state index contributed by atoms with van der Waals surface area (Å²) in [7, 11) is 0. The number of likely N-dealkylation sites (N-methyl/N-ethyl adjacent to an activating group) is 1.